The van der Waals surface area contributed by atoms with Gasteiger partial charge < -0.3 is 14.6 Å². The van der Waals surface area contributed by atoms with Crippen LogP contribution in [0.3, 0.4) is 0 Å². The number of rotatable bonds is 6. The molecule has 2 aromatic rings. The van der Waals surface area contributed by atoms with Gasteiger partial charge in [0.25, 0.3) is 11.5 Å². The molecule has 3 rings (SSSR count). The predicted octanol–water partition coefficient (Wildman–Crippen LogP) is 2.71. The summed E-state index contributed by atoms with van der Waals surface area (Å²) in [6.07, 6.45) is 2.12. The van der Waals surface area contributed by atoms with Crippen LogP contribution in [0.2, 0.25) is 0 Å². The van der Waals surface area contributed by atoms with Crippen molar-refractivity contribution in [1.29, 1.82) is 0 Å². The zero-order valence-electron chi connectivity index (χ0n) is 14.8. The quantitative estimate of drug-likeness (QED) is 0.876. The van der Waals surface area contributed by atoms with Crippen LogP contribution < -0.4 is 10.3 Å². The van der Waals surface area contributed by atoms with Gasteiger partial charge in [-0.3, -0.25) is 9.59 Å². The van der Waals surface area contributed by atoms with Gasteiger partial charge in [-0.25, -0.2) is 4.98 Å². The van der Waals surface area contributed by atoms with E-state index in [1.807, 2.05) is 38.1 Å². The molecule has 1 saturated carbocycles. The van der Waals surface area contributed by atoms with Gasteiger partial charge in [0.1, 0.15) is 17.3 Å². The molecule has 1 aromatic heterocycles. The molecule has 6 nitrogen and oxygen atoms in total. The standard InChI is InChI=1S/C19H23N3O3/c1-12(2)25-15-6-4-5-13(9-15)11-22(3)19(24)16-10-17(23)21-18(20-16)14-7-8-14/h4-6,9-10,12,14H,7-8,11H2,1-3H3,(H,20,21,23). The lowest BCUT2D eigenvalue weighted by molar-refractivity contribution is 0.0778. The van der Waals surface area contributed by atoms with Crippen LogP contribution in [0.1, 0.15) is 54.5 Å². The average molecular weight is 341 g/mol. The van der Waals surface area contributed by atoms with Gasteiger partial charge in [-0.1, -0.05) is 12.1 Å². The van der Waals surface area contributed by atoms with E-state index in [2.05, 4.69) is 9.97 Å². The average Bonchev–Trinajstić information content (AvgIpc) is 3.38. The Morgan fingerprint density at radius 1 is 1.36 bits per heavy atom. The molecule has 1 N–H and O–H groups in total. The van der Waals surface area contributed by atoms with Gasteiger partial charge in [-0.2, -0.15) is 0 Å². The summed E-state index contributed by atoms with van der Waals surface area (Å²) >= 11 is 0. The highest BCUT2D eigenvalue weighted by atomic mass is 16.5. The Hall–Kier alpha value is -2.63. The van der Waals surface area contributed by atoms with Crippen molar-refractivity contribution in [3.05, 3.63) is 57.8 Å². The fourth-order valence-corrected chi connectivity index (χ4v) is 2.67. The largest absolute Gasteiger partial charge is 0.491 e. The van der Waals surface area contributed by atoms with E-state index in [4.69, 9.17) is 4.74 Å². The summed E-state index contributed by atoms with van der Waals surface area (Å²) in [5.74, 6) is 1.43. The van der Waals surface area contributed by atoms with E-state index in [1.54, 1.807) is 11.9 Å². The van der Waals surface area contributed by atoms with Crippen molar-refractivity contribution < 1.29 is 9.53 Å². The number of carbonyl (C=O) groups excluding carboxylic acids is 1. The maximum absolute atomic E-state index is 12.6. The third-order valence-corrected chi connectivity index (χ3v) is 3.98. The summed E-state index contributed by atoms with van der Waals surface area (Å²) in [6, 6.07) is 8.93. The topological polar surface area (TPSA) is 75.3 Å². The first kappa shape index (κ1) is 17.2. The molecule has 0 saturated heterocycles. The highest BCUT2D eigenvalue weighted by Gasteiger charge is 2.27. The smallest absolute Gasteiger partial charge is 0.272 e. The fraction of sp³-hybridized carbons (Fsp3) is 0.421. The number of H-pyrrole nitrogens is 1. The Morgan fingerprint density at radius 2 is 2.12 bits per heavy atom. The molecule has 0 bridgehead atoms. The van der Waals surface area contributed by atoms with E-state index >= 15 is 0 Å². The lowest BCUT2D eigenvalue weighted by atomic mass is 10.2. The molecule has 0 atom stereocenters. The molecule has 1 amide bonds. The number of carbonyl (C=O) groups is 1. The first-order valence-corrected chi connectivity index (χ1v) is 8.54. The lowest BCUT2D eigenvalue weighted by Crippen LogP contribution is -2.29. The van der Waals surface area contributed by atoms with Crippen molar-refractivity contribution in [2.24, 2.45) is 0 Å². The van der Waals surface area contributed by atoms with Crippen LogP contribution in [0.4, 0.5) is 0 Å². The number of aromatic amines is 1. The zero-order valence-corrected chi connectivity index (χ0v) is 14.8. The minimum absolute atomic E-state index is 0.0932. The number of benzene rings is 1. The van der Waals surface area contributed by atoms with Gasteiger partial charge in [-0.15, -0.1) is 0 Å². The molecule has 1 aliphatic carbocycles. The summed E-state index contributed by atoms with van der Waals surface area (Å²) in [5, 5.41) is 0. The van der Waals surface area contributed by atoms with Crippen LogP contribution in [-0.4, -0.2) is 33.9 Å². The molecule has 25 heavy (non-hydrogen) atoms. The SMILES string of the molecule is CC(C)Oc1cccc(CN(C)C(=O)c2cc(=O)[nH]c(C3CC3)n2)c1. The molecular weight excluding hydrogens is 318 g/mol. The minimum atomic E-state index is -0.277. The number of aromatic nitrogens is 2. The van der Waals surface area contributed by atoms with Gasteiger partial charge in [0.2, 0.25) is 0 Å². The summed E-state index contributed by atoms with van der Waals surface area (Å²) in [5.41, 5.74) is 0.880. The number of hydrogen-bond donors (Lipinski definition) is 1. The first-order valence-electron chi connectivity index (χ1n) is 8.54. The van der Waals surface area contributed by atoms with E-state index in [0.29, 0.717) is 12.4 Å². The monoisotopic (exact) mass is 341 g/mol. The summed E-state index contributed by atoms with van der Waals surface area (Å²) in [6.45, 7) is 4.36. The molecular formula is C19H23N3O3. The maximum Gasteiger partial charge on any atom is 0.272 e. The van der Waals surface area contributed by atoms with Gasteiger partial charge in [0.15, 0.2) is 0 Å². The molecule has 0 unspecified atom stereocenters. The van der Waals surface area contributed by atoms with E-state index in [0.717, 1.165) is 24.2 Å². The highest BCUT2D eigenvalue weighted by Crippen LogP contribution is 2.37. The molecule has 0 spiro atoms. The van der Waals surface area contributed by atoms with Crippen molar-refractivity contribution >= 4 is 5.91 Å². The Labute approximate surface area is 146 Å². The molecule has 0 radical (unpaired) electrons. The first-order chi connectivity index (χ1) is 11.9. The van der Waals surface area contributed by atoms with Crippen molar-refractivity contribution in [3.63, 3.8) is 0 Å². The predicted molar refractivity (Wildman–Crippen MR) is 94.8 cm³/mol. The number of ether oxygens (including phenoxy) is 1. The van der Waals surface area contributed by atoms with Gasteiger partial charge in [0.05, 0.1) is 6.10 Å². The van der Waals surface area contributed by atoms with Crippen LogP contribution in [0.15, 0.2) is 35.1 Å². The second-order valence-corrected chi connectivity index (χ2v) is 6.77. The maximum atomic E-state index is 12.6. The van der Waals surface area contributed by atoms with Crippen molar-refractivity contribution in [1.82, 2.24) is 14.9 Å². The second kappa shape index (κ2) is 7.09. The van der Waals surface area contributed by atoms with E-state index in [1.165, 1.54) is 6.07 Å². The van der Waals surface area contributed by atoms with E-state index < -0.39 is 0 Å². The van der Waals surface area contributed by atoms with Crippen LogP contribution in [0.5, 0.6) is 5.75 Å². The van der Waals surface area contributed by atoms with Crippen molar-refractivity contribution in [2.75, 3.05) is 7.05 Å². The molecule has 1 aliphatic rings. The van der Waals surface area contributed by atoms with Crippen molar-refractivity contribution in [3.8, 4) is 5.75 Å². The normalized spacial score (nSPS) is 13.8. The second-order valence-electron chi connectivity index (χ2n) is 6.77. The Morgan fingerprint density at radius 3 is 2.80 bits per heavy atom. The Kier molecular flexibility index (Phi) is 4.88. The number of nitrogens with zero attached hydrogens (tertiary/aromatic N) is 2. The van der Waals surface area contributed by atoms with E-state index in [-0.39, 0.29) is 29.2 Å². The molecule has 1 fully saturated rings. The van der Waals surface area contributed by atoms with Crippen LogP contribution in [-0.2, 0) is 6.54 Å². The zero-order chi connectivity index (χ0) is 18.0. The third kappa shape index (κ3) is 4.47. The molecule has 1 aromatic carbocycles. The van der Waals surface area contributed by atoms with Gasteiger partial charge >= 0.3 is 0 Å². The lowest BCUT2D eigenvalue weighted by Gasteiger charge is -2.18. The van der Waals surface area contributed by atoms with Crippen LogP contribution >= 0.6 is 0 Å². The molecule has 132 valence electrons. The Bertz CT molecular complexity index is 825. The number of hydrogen-bond acceptors (Lipinski definition) is 4. The molecule has 0 aliphatic heterocycles. The highest BCUT2D eigenvalue weighted by molar-refractivity contribution is 5.92. The Balaban J connectivity index is 1.74. The van der Waals surface area contributed by atoms with Crippen LogP contribution in [0.25, 0.3) is 0 Å². The van der Waals surface area contributed by atoms with Crippen LogP contribution in [0, 0.1) is 0 Å². The fourth-order valence-electron chi connectivity index (χ4n) is 2.67. The minimum Gasteiger partial charge on any atom is -0.491 e. The number of amides is 1. The summed E-state index contributed by atoms with van der Waals surface area (Å²) < 4.78 is 5.69. The number of nitrogens with one attached hydrogen (secondary N) is 1. The molecule has 1 heterocycles. The van der Waals surface area contributed by atoms with Gasteiger partial charge in [0, 0.05) is 25.6 Å². The van der Waals surface area contributed by atoms with Gasteiger partial charge in [-0.05, 0) is 44.4 Å². The third-order valence-electron chi connectivity index (χ3n) is 3.98. The summed E-state index contributed by atoms with van der Waals surface area (Å²) in [4.78, 5) is 33.1. The van der Waals surface area contributed by atoms with Crippen molar-refractivity contribution in [2.45, 2.75) is 45.3 Å². The van der Waals surface area contributed by atoms with E-state index in [9.17, 15) is 9.59 Å². The molecule has 6 heteroatoms. The summed E-state index contributed by atoms with van der Waals surface area (Å²) in [7, 11) is 1.71.